The molecule has 2 heterocycles. The van der Waals surface area contributed by atoms with Crippen LogP contribution in [0.1, 0.15) is 40.8 Å². The molecule has 2 aromatic rings. The molecular formula is C23H30N4O3S. The molecule has 166 valence electrons. The van der Waals surface area contributed by atoms with Gasteiger partial charge >= 0.3 is 5.97 Å². The molecule has 1 fully saturated rings. The number of aromatic nitrogens is 1. The second kappa shape index (κ2) is 10.2. The van der Waals surface area contributed by atoms with Gasteiger partial charge in [0.15, 0.2) is 0 Å². The maximum Gasteiger partial charge on any atom is 0.323 e. The van der Waals surface area contributed by atoms with Gasteiger partial charge in [0.25, 0.3) is 5.91 Å². The molecule has 0 aliphatic carbocycles. The first-order chi connectivity index (χ1) is 14.8. The number of nitrogens with zero attached hydrogens (tertiary/aromatic N) is 4. The molecule has 31 heavy (non-hydrogen) atoms. The number of benzene rings is 1. The minimum absolute atomic E-state index is 0.00392. The number of rotatable bonds is 8. The number of carbonyl (C=O) groups excluding carboxylic acids is 1. The summed E-state index contributed by atoms with van der Waals surface area (Å²) in [5, 5.41) is 11.9. The SMILES string of the molecule is C=CCN1C[C@H](C)N([C@@H](c2ccc(C(=O)N(C)CC(=O)O)cc2)c2nccs2)C[C@H]1C. The molecule has 0 bridgehead atoms. The Kier molecular flexibility index (Phi) is 7.59. The van der Waals surface area contributed by atoms with Crippen LogP contribution in [-0.2, 0) is 4.79 Å². The fourth-order valence-corrected chi connectivity index (χ4v) is 4.94. The van der Waals surface area contributed by atoms with Gasteiger partial charge in [-0.3, -0.25) is 19.4 Å². The van der Waals surface area contributed by atoms with Gasteiger partial charge in [-0.25, -0.2) is 4.98 Å². The van der Waals surface area contributed by atoms with Crippen LogP contribution in [0.4, 0.5) is 0 Å². The molecule has 0 spiro atoms. The van der Waals surface area contributed by atoms with Gasteiger partial charge in [0, 0.05) is 55.9 Å². The topological polar surface area (TPSA) is 77.0 Å². The molecule has 7 nitrogen and oxygen atoms in total. The second-order valence-electron chi connectivity index (χ2n) is 8.09. The minimum Gasteiger partial charge on any atom is -0.480 e. The first-order valence-electron chi connectivity index (χ1n) is 10.4. The lowest BCUT2D eigenvalue weighted by Crippen LogP contribution is -2.57. The van der Waals surface area contributed by atoms with Gasteiger partial charge in [-0.1, -0.05) is 18.2 Å². The van der Waals surface area contributed by atoms with E-state index in [0.717, 1.165) is 30.2 Å². The normalized spacial score (nSPS) is 20.9. The molecule has 8 heteroatoms. The van der Waals surface area contributed by atoms with E-state index in [-0.39, 0.29) is 18.5 Å². The summed E-state index contributed by atoms with van der Waals surface area (Å²) in [5.74, 6) is -1.34. The molecule has 1 aromatic heterocycles. The Balaban J connectivity index is 1.86. The number of amides is 1. The van der Waals surface area contributed by atoms with Crippen LogP contribution in [-0.4, -0.2) is 82.0 Å². The van der Waals surface area contributed by atoms with Crippen molar-refractivity contribution < 1.29 is 14.7 Å². The van der Waals surface area contributed by atoms with Gasteiger partial charge < -0.3 is 10.0 Å². The number of thiazole rings is 1. The van der Waals surface area contributed by atoms with Gasteiger partial charge in [-0.2, -0.15) is 0 Å². The largest absolute Gasteiger partial charge is 0.480 e. The predicted molar refractivity (Wildman–Crippen MR) is 122 cm³/mol. The van der Waals surface area contributed by atoms with Crippen molar-refractivity contribution in [3.05, 3.63) is 64.6 Å². The fraction of sp³-hybridized carbons (Fsp3) is 0.435. The number of hydrogen-bond acceptors (Lipinski definition) is 6. The van der Waals surface area contributed by atoms with E-state index in [1.54, 1.807) is 23.5 Å². The van der Waals surface area contributed by atoms with E-state index in [9.17, 15) is 9.59 Å². The van der Waals surface area contributed by atoms with Crippen LogP contribution in [0.25, 0.3) is 0 Å². The summed E-state index contributed by atoms with van der Waals surface area (Å²) in [5.41, 5.74) is 1.55. The second-order valence-corrected chi connectivity index (χ2v) is 9.01. The zero-order valence-corrected chi connectivity index (χ0v) is 19.1. The summed E-state index contributed by atoms with van der Waals surface area (Å²) in [6.45, 7) is 10.8. The van der Waals surface area contributed by atoms with E-state index in [1.807, 2.05) is 29.8 Å². The van der Waals surface area contributed by atoms with Crippen molar-refractivity contribution in [1.82, 2.24) is 19.7 Å². The lowest BCUT2D eigenvalue weighted by atomic mass is 9.98. The summed E-state index contributed by atoms with van der Waals surface area (Å²) in [6.07, 6.45) is 3.78. The molecule has 1 N–H and O–H groups in total. The molecule has 3 atom stereocenters. The average Bonchev–Trinajstić information content (AvgIpc) is 3.25. The van der Waals surface area contributed by atoms with Gasteiger partial charge in [0.05, 0.1) is 6.04 Å². The van der Waals surface area contributed by atoms with Crippen molar-refractivity contribution >= 4 is 23.2 Å². The van der Waals surface area contributed by atoms with Crippen molar-refractivity contribution in [3.63, 3.8) is 0 Å². The Labute approximate surface area is 187 Å². The number of carboxylic acid groups (broad SMARTS) is 1. The van der Waals surface area contributed by atoms with Crippen LogP contribution in [0.5, 0.6) is 0 Å². The summed E-state index contributed by atoms with van der Waals surface area (Å²) in [7, 11) is 1.49. The molecule has 1 aliphatic rings. The number of aliphatic carboxylic acids is 1. The molecule has 1 amide bonds. The van der Waals surface area contributed by atoms with Crippen LogP contribution in [0.15, 0.2) is 48.5 Å². The van der Waals surface area contributed by atoms with Gasteiger partial charge in [-0.15, -0.1) is 17.9 Å². The van der Waals surface area contributed by atoms with E-state index < -0.39 is 5.97 Å². The first-order valence-corrected chi connectivity index (χ1v) is 11.3. The van der Waals surface area contributed by atoms with Crippen molar-refractivity contribution in [2.24, 2.45) is 0 Å². The monoisotopic (exact) mass is 442 g/mol. The van der Waals surface area contributed by atoms with Crippen molar-refractivity contribution in [2.75, 3.05) is 33.2 Å². The van der Waals surface area contributed by atoms with Crippen LogP contribution in [0, 0.1) is 0 Å². The van der Waals surface area contributed by atoms with Crippen molar-refractivity contribution in [1.29, 1.82) is 0 Å². The molecule has 1 saturated heterocycles. The van der Waals surface area contributed by atoms with E-state index >= 15 is 0 Å². The summed E-state index contributed by atoms with van der Waals surface area (Å²) < 4.78 is 0. The standard InChI is InChI=1S/C23H30N4O3S/c1-5-11-26-13-17(3)27(14-16(26)2)21(22-24-10-12-31-22)18-6-8-19(9-7-18)23(30)25(4)15-20(28)29/h5-10,12,16-17,21H,1,11,13-15H2,2-4H3,(H,28,29)/t16-,17+,21+/m1/s1. The maximum absolute atomic E-state index is 12.5. The number of likely N-dealkylation sites (N-methyl/N-ethyl adjacent to an activating group) is 1. The first kappa shape index (κ1) is 23.1. The van der Waals surface area contributed by atoms with Crippen LogP contribution in [0.3, 0.4) is 0 Å². The highest BCUT2D eigenvalue weighted by Gasteiger charge is 2.35. The average molecular weight is 443 g/mol. The predicted octanol–water partition coefficient (Wildman–Crippen LogP) is 2.97. The van der Waals surface area contributed by atoms with Gasteiger partial charge in [-0.05, 0) is 31.5 Å². The minimum atomic E-state index is -1.03. The van der Waals surface area contributed by atoms with E-state index in [0.29, 0.717) is 17.6 Å². The van der Waals surface area contributed by atoms with E-state index in [1.165, 1.54) is 11.9 Å². The van der Waals surface area contributed by atoms with Crippen LogP contribution in [0.2, 0.25) is 0 Å². The Morgan fingerprint density at radius 2 is 2.00 bits per heavy atom. The Morgan fingerprint density at radius 1 is 1.29 bits per heavy atom. The van der Waals surface area contributed by atoms with Crippen LogP contribution >= 0.6 is 11.3 Å². The number of piperazine rings is 1. The maximum atomic E-state index is 12.5. The molecule has 0 radical (unpaired) electrons. The highest BCUT2D eigenvalue weighted by atomic mass is 32.1. The quantitative estimate of drug-likeness (QED) is 0.634. The molecule has 1 aliphatic heterocycles. The Hall–Kier alpha value is -2.55. The lowest BCUT2D eigenvalue weighted by Gasteiger charge is -2.46. The van der Waals surface area contributed by atoms with Gasteiger partial charge in [0.1, 0.15) is 11.6 Å². The summed E-state index contributed by atoms with van der Waals surface area (Å²) in [4.78, 5) is 34.2. The van der Waals surface area contributed by atoms with Gasteiger partial charge in [0.2, 0.25) is 0 Å². The smallest absolute Gasteiger partial charge is 0.323 e. The molecular weight excluding hydrogens is 412 g/mol. The Bertz CT molecular complexity index is 900. The zero-order valence-electron chi connectivity index (χ0n) is 18.3. The fourth-order valence-electron chi connectivity index (χ4n) is 4.15. The van der Waals surface area contributed by atoms with E-state index in [4.69, 9.17) is 5.11 Å². The lowest BCUT2D eigenvalue weighted by molar-refractivity contribution is -0.137. The summed E-state index contributed by atoms with van der Waals surface area (Å²) in [6, 6.07) is 8.19. The number of hydrogen-bond donors (Lipinski definition) is 1. The number of carbonyl (C=O) groups is 2. The highest BCUT2D eigenvalue weighted by Crippen LogP contribution is 2.34. The third kappa shape index (κ3) is 5.39. The molecule has 0 unspecified atom stereocenters. The molecule has 1 aromatic carbocycles. The highest BCUT2D eigenvalue weighted by molar-refractivity contribution is 7.09. The third-order valence-electron chi connectivity index (χ3n) is 5.74. The van der Waals surface area contributed by atoms with Crippen molar-refractivity contribution in [3.8, 4) is 0 Å². The van der Waals surface area contributed by atoms with E-state index in [2.05, 4.69) is 35.2 Å². The molecule has 3 rings (SSSR count). The molecule has 0 saturated carbocycles. The number of carboxylic acids is 1. The summed E-state index contributed by atoms with van der Waals surface area (Å²) >= 11 is 1.63. The zero-order chi connectivity index (χ0) is 22.5. The van der Waals surface area contributed by atoms with Crippen molar-refractivity contribution in [2.45, 2.75) is 32.0 Å². The third-order valence-corrected chi connectivity index (χ3v) is 6.56. The Morgan fingerprint density at radius 3 is 2.58 bits per heavy atom. The van der Waals surface area contributed by atoms with Crippen LogP contribution < -0.4 is 0 Å².